The van der Waals surface area contributed by atoms with Gasteiger partial charge in [0, 0.05) is 44.1 Å². The summed E-state index contributed by atoms with van der Waals surface area (Å²) in [5.74, 6) is -1.53. The molecule has 5 rings (SSSR count). The summed E-state index contributed by atoms with van der Waals surface area (Å²) in [6, 6.07) is 13.6. The fraction of sp³-hybridized carbons (Fsp3) is 0.400. The zero-order valence-electron chi connectivity index (χ0n) is 24.0. The Morgan fingerprint density at radius 2 is 1.61 bits per heavy atom. The van der Waals surface area contributed by atoms with E-state index in [1.807, 2.05) is 35.2 Å². The summed E-state index contributed by atoms with van der Waals surface area (Å²) >= 11 is 0. The van der Waals surface area contributed by atoms with E-state index in [4.69, 9.17) is 4.74 Å². The lowest BCUT2D eigenvalue weighted by atomic mass is 10.0. The minimum Gasteiger partial charge on any atom is -0.447 e. The van der Waals surface area contributed by atoms with E-state index < -0.39 is 51.5 Å². The van der Waals surface area contributed by atoms with Gasteiger partial charge in [-0.05, 0) is 36.1 Å². The average molecular weight is 632 g/mol. The van der Waals surface area contributed by atoms with Crippen LogP contribution in [0.25, 0.3) is 11.1 Å². The van der Waals surface area contributed by atoms with Gasteiger partial charge in [-0.1, -0.05) is 49.4 Å². The summed E-state index contributed by atoms with van der Waals surface area (Å²) in [6.45, 7) is 2.69. The Morgan fingerprint density at radius 1 is 0.977 bits per heavy atom. The highest BCUT2D eigenvalue weighted by atomic mass is 32.2. The summed E-state index contributed by atoms with van der Waals surface area (Å²) in [7, 11) is -3.84. The van der Waals surface area contributed by atoms with Gasteiger partial charge in [0.15, 0.2) is 0 Å². The van der Waals surface area contributed by atoms with E-state index in [1.165, 1.54) is 28.8 Å². The number of carbonyl (C=O) groups is 2. The van der Waals surface area contributed by atoms with Crippen molar-refractivity contribution < 1.29 is 35.9 Å². The Labute approximate surface area is 253 Å². The molecule has 0 bridgehead atoms. The quantitative estimate of drug-likeness (QED) is 0.345. The predicted octanol–water partition coefficient (Wildman–Crippen LogP) is 4.23. The largest absolute Gasteiger partial charge is 0.447 e. The molecular formula is C30H32F3N5O5S. The number of nitrogens with zero attached hydrogens (tertiary/aromatic N) is 5. The van der Waals surface area contributed by atoms with Gasteiger partial charge in [0.25, 0.3) is 0 Å². The molecule has 1 aromatic heterocycles. The third kappa shape index (κ3) is 7.02. The number of rotatable bonds is 9. The van der Waals surface area contributed by atoms with Crippen molar-refractivity contribution in [3.8, 4) is 11.1 Å². The Kier molecular flexibility index (Phi) is 9.20. The van der Waals surface area contributed by atoms with Crippen LogP contribution >= 0.6 is 0 Å². The second-order valence-electron chi connectivity index (χ2n) is 10.7. The number of piperazine rings is 1. The van der Waals surface area contributed by atoms with Gasteiger partial charge < -0.3 is 9.64 Å². The molecule has 2 fully saturated rings. The van der Waals surface area contributed by atoms with Crippen molar-refractivity contribution in [1.29, 1.82) is 0 Å². The third-order valence-electron chi connectivity index (χ3n) is 7.87. The van der Waals surface area contributed by atoms with Gasteiger partial charge in [0.2, 0.25) is 21.9 Å². The maximum absolute atomic E-state index is 13.4. The van der Waals surface area contributed by atoms with Gasteiger partial charge in [-0.2, -0.15) is 17.5 Å². The van der Waals surface area contributed by atoms with Gasteiger partial charge in [-0.25, -0.2) is 28.1 Å². The van der Waals surface area contributed by atoms with Crippen LogP contribution in [0.5, 0.6) is 0 Å². The maximum atomic E-state index is 13.4. The summed E-state index contributed by atoms with van der Waals surface area (Å²) in [6.07, 6.45) is -1.50. The normalized spacial score (nSPS) is 18.7. The maximum Gasteiger partial charge on any atom is 0.416 e. The molecule has 44 heavy (non-hydrogen) atoms. The first-order chi connectivity index (χ1) is 21.0. The Bertz CT molecular complexity index is 1560. The van der Waals surface area contributed by atoms with E-state index >= 15 is 0 Å². The molecule has 2 aromatic carbocycles. The van der Waals surface area contributed by atoms with E-state index in [9.17, 15) is 31.2 Å². The van der Waals surface area contributed by atoms with Crippen molar-refractivity contribution in [2.45, 2.75) is 32.0 Å². The standard InChI is InChI=1S/C30H32F3N5O5S/c1-2-22(27(39)38-26(19-43-29(38)40)16-21-6-4-3-5-7-21)20-44(41,42)37-14-12-36(13-15-37)28-34-17-24(18-35-28)23-8-10-25(11-9-23)30(31,32)33/h3-11,17-18,22,26H,2,12-16,19-20H2,1H3/t22-,26+/m0/s1. The molecule has 0 saturated carbocycles. The Hall–Kier alpha value is -4.04. The van der Waals surface area contributed by atoms with Gasteiger partial charge in [-0.15, -0.1) is 0 Å². The summed E-state index contributed by atoms with van der Waals surface area (Å²) in [4.78, 5) is 37.5. The van der Waals surface area contributed by atoms with Crippen molar-refractivity contribution in [2.75, 3.05) is 43.4 Å². The lowest BCUT2D eigenvalue weighted by Crippen LogP contribution is -2.51. The molecule has 2 atom stereocenters. The van der Waals surface area contributed by atoms with Crippen LogP contribution in [-0.2, 0) is 32.2 Å². The van der Waals surface area contributed by atoms with Crippen LogP contribution in [0.1, 0.15) is 24.5 Å². The number of hydrogen-bond donors (Lipinski definition) is 0. The molecule has 0 spiro atoms. The summed E-state index contributed by atoms with van der Waals surface area (Å²) < 4.78 is 71.8. The predicted molar refractivity (Wildman–Crippen MR) is 156 cm³/mol. The van der Waals surface area contributed by atoms with E-state index in [1.54, 1.807) is 6.92 Å². The number of carbonyl (C=O) groups excluding carboxylic acids is 2. The Balaban J connectivity index is 1.18. The van der Waals surface area contributed by atoms with Gasteiger partial charge in [-0.3, -0.25) is 4.79 Å². The number of amides is 2. The molecule has 0 radical (unpaired) electrons. The van der Waals surface area contributed by atoms with Crippen LogP contribution in [0.3, 0.4) is 0 Å². The molecule has 2 saturated heterocycles. The molecule has 2 amide bonds. The first kappa shape index (κ1) is 31.4. The first-order valence-electron chi connectivity index (χ1n) is 14.2. The average Bonchev–Trinajstić information content (AvgIpc) is 3.39. The lowest BCUT2D eigenvalue weighted by Gasteiger charge is -2.34. The topological polar surface area (TPSA) is 113 Å². The van der Waals surface area contributed by atoms with Crippen LogP contribution in [0, 0.1) is 5.92 Å². The summed E-state index contributed by atoms with van der Waals surface area (Å²) in [5, 5.41) is 0. The Morgan fingerprint density at radius 3 is 2.20 bits per heavy atom. The van der Waals surface area contributed by atoms with Crippen molar-refractivity contribution in [2.24, 2.45) is 5.92 Å². The van der Waals surface area contributed by atoms with Gasteiger partial charge >= 0.3 is 12.3 Å². The number of halogens is 3. The highest BCUT2D eigenvalue weighted by Gasteiger charge is 2.42. The first-order valence-corrected chi connectivity index (χ1v) is 15.8. The highest BCUT2D eigenvalue weighted by molar-refractivity contribution is 7.89. The second kappa shape index (κ2) is 12.9. The smallest absolute Gasteiger partial charge is 0.416 e. The molecule has 2 aliphatic heterocycles. The van der Waals surface area contributed by atoms with Crippen LogP contribution in [-0.4, -0.2) is 84.2 Å². The zero-order chi connectivity index (χ0) is 31.5. The second-order valence-corrected chi connectivity index (χ2v) is 12.8. The van der Waals surface area contributed by atoms with Crippen molar-refractivity contribution >= 4 is 28.0 Å². The fourth-order valence-electron chi connectivity index (χ4n) is 5.34. The summed E-state index contributed by atoms with van der Waals surface area (Å²) in [5.41, 5.74) is 1.28. The number of cyclic esters (lactones) is 1. The highest BCUT2D eigenvalue weighted by Crippen LogP contribution is 2.31. The van der Waals surface area contributed by atoms with Crippen LogP contribution < -0.4 is 4.90 Å². The van der Waals surface area contributed by atoms with E-state index in [0.717, 1.165) is 22.6 Å². The van der Waals surface area contributed by atoms with Crippen molar-refractivity contribution in [1.82, 2.24) is 19.2 Å². The van der Waals surface area contributed by atoms with Gasteiger partial charge in [0.05, 0.1) is 23.3 Å². The number of hydrogen-bond acceptors (Lipinski definition) is 8. The molecule has 3 heterocycles. The molecule has 10 nitrogen and oxygen atoms in total. The number of sulfonamides is 1. The van der Waals surface area contributed by atoms with Crippen molar-refractivity contribution in [3.63, 3.8) is 0 Å². The van der Waals surface area contributed by atoms with E-state index in [-0.39, 0.29) is 26.1 Å². The zero-order valence-corrected chi connectivity index (χ0v) is 24.8. The number of aromatic nitrogens is 2. The van der Waals surface area contributed by atoms with Crippen molar-refractivity contribution in [3.05, 3.63) is 78.1 Å². The number of alkyl halides is 3. The molecule has 14 heteroatoms. The third-order valence-corrected chi connectivity index (χ3v) is 9.84. The monoisotopic (exact) mass is 631 g/mol. The lowest BCUT2D eigenvalue weighted by molar-refractivity contribution is -0.137. The fourth-order valence-corrected chi connectivity index (χ4v) is 7.16. The van der Waals surface area contributed by atoms with Gasteiger partial charge in [0.1, 0.15) is 6.61 Å². The molecule has 3 aromatic rings. The number of imide groups is 1. The molecular weight excluding hydrogens is 599 g/mol. The molecule has 0 unspecified atom stereocenters. The van der Waals surface area contributed by atoms with E-state index in [2.05, 4.69) is 9.97 Å². The molecule has 0 aliphatic carbocycles. The minimum absolute atomic E-state index is 0.0536. The molecule has 2 aliphatic rings. The number of benzene rings is 2. The van der Waals surface area contributed by atoms with Crippen LogP contribution in [0.15, 0.2) is 67.0 Å². The molecule has 234 valence electrons. The van der Waals surface area contributed by atoms with Crippen LogP contribution in [0.2, 0.25) is 0 Å². The van der Waals surface area contributed by atoms with E-state index in [0.29, 0.717) is 36.6 Å². The number of anilines is 1. The minimum atomic E-state index is -4.42. The SMILES string of the molecule is CC[C@@H](CS(=O)(=O)N1CCN(c2ncc(-c3ccc(C(F)(F)F)cc3)cn2)CC1)C(=O)N1C(=O)OC[C@H]1Cc1ccccc1. The molecule has 0 N–H and O–H groups in total. The van der Waals surface area contributed by atoms with Crippen LogP contribution in [0.4, 0.5) is 23.9 Å². The number of ether oxygens (including phenoxy) is 1.